The number of nitrogens with zero attached hydrogens (tertiary/aromatic N) is 1. The highest BCUT2D eigenvalue weighted by Crippen LogP contribution is 2.35. The lowest BCUT2D eigenvalue weighted by Gasteiger charge is -2.03. The third-order valence-corrected chi connectivity index (χ3v) is 2.84. The predicted octanol–water partition coefficient (Wildman–Crippen LogP) is 1.93. The maximum atomic E-state index is 11.6. The van der Waals surface area contributed by atoms with Crippen molar-refractivity contribution in [2.24, 2.45) is 0 Å². The topological polar surface area (TPSA) is 82.0 Å². The van der Waals surface area contributed by atoms with Crippen molar-refractivity contribution in [1.82, 2.24) is 0 Å². The molecule has 1 aromatic rings. The van der Waals surface area contributed by atoms with Crippen molar-refractivity contribution in [1.29, 1.82) is 0 Å². The maximum absolute atomic E-state index is 11.6. The predicted molar refractivity (Wildman–Crippen MR) is 62.3 cm³/mol. The molecule has 0 spiro atoms. The number of ether oxygens (including phenoxy) is 2. The molecule has 0 amide bonds. The van der Waals surface area contributed by atoms with Gasteiger partial charge in [0.1, 0.15) is 12.7 Å². The Kier molecular flexibility index (Phi) is 3.04. The van der Waals surface area contributed by atoms with Gasteiger partial charge in [-0.15, -0.1) is 0 Å². The lowest BCUT2D eigenvalue weighted by Crippen LogP contribution is -2.14. The van der Waals surface area contributed by atoms with E-state index in [9.17, 15) is 14.9 Å². The first-order valence-corrected chi connectivity index (χ1v) is 5.49. The highest BCUT2D eigenvalue weighted by molar-refractivity contribution is 5.89. The second kappa shape index (κ2) is 4.38. The van der Waals surface area contributed by atoms with Crippen molar-refractivity contribution < 1.29 is 19.2 Å². The molecule has 0 radical (unpaired) electrons. The van der Waals surface area contributed by atoms with E-state index in [-0.39, 0.29) is 24.0 Å². The average Bonchev–Trinajstić information content (AvgIpc) is 2.94. The second-order valence-electron chi connectivity index (χ2n) is 4.61. The highest BCUT2D eigenvalue weighted by Gasteiger charge is 2.48. The van der Waals surface area contributed by atoms with E-state index < -0.39 is 10.9 Å². The van der Waals surface area contributed by atoms with Crippen LogP contribution in [-0.2, 0) is 9.47 Å². The summed E-state index contributed by atoms with van der Waals surface area (Å²) in [5.41, 5.74) is 0.00715. The number of benzene rings is 1. The number of carbonyl (C=O) groups is 1. The largest absolute Gasteiger partial charge is 0.459 e. The Labute approximate surface area is 104 Å². The minimum absolute atomic E-state index is 0.0572. The van der Waals surface area contributed by atoms with Gasteiger partial charge in [-0.1, -0.05) is 0 Å². The van der Waals surface area contributed by atoms with Gasteiger partial charge in [-0.05, 0) is 26.0 Å². The Bertz CT molecular complexity index is 480. The molecule has 0 bridgehead atoms. The zero-order valence-corrected chi connectivity index (χ0v) is 10.1. The summed E-state index contributed by atoms with van der Waals surface area (Å²) in [7, 11) is 0. The van der Waals surface area contributed by atoms with Gasteiger partial charge < -0.3 is 9.47 Å². The van der Waals surface area contributed by atoms with Gasteiger partial charge in [-0.3, -0.25) is 10.1 Å². The lowest BCUT2D eigenvalue weighted by atomic mass is 10.1. The van der Waals surface area contributed by atoms with Gasteiger partial charge in [0.2, 0.25) is 0 Å². The molecule has 0 N–H and O–H groups in total. The van der Waals surface area contributed by atoms with Gasteiger partial charge in [0.15, 0.2) is 0 Å². The van der Waals surface area contributed by atoms with Crippen LogP contribution in [-0.4, -0.2) is 29.2 Å². The molecule has 0 aliphatic carbocycles. The number of esters is 1. The Morgan fingerprint density at radius 2 is 2.00 bits per heavy atom. The van der Waals surface area contributed by atoms with Gasteiger partial charge in [0.25, 0.3) is 5.69 Å². The number of carbonyl (C=O) groups excluding carboxylic acids is 1. The standard InChI is InChI=1S/C12H13NO5/c1-12(2)10(18-12)7-17-11(14)8-3-5-9(6-4-8)13(15)16/h3-6,10H,7H2,1-2H3/t10-/m1/s1. The van der Waals surface area contributed by atoms with Crippen LogP contribution in [0.3, 0.4) is 0 Å². The van der Waals surface area contributed by atoms with E-state index in [1.807, 2.05) is 13.8 Å². The number of hydrogen-bond donors (Lipinski definition) is 0. The van der Waals surface area contributed by atoms with Gasteiger partial charge in [0.05, 0.1) is 16.1 Å². The van der Waals surface area contributed by atoms with Crippen LogP contribution in [0, 0.1) is 10.1 Å². The summed E-state index contributed by atoms with van der Waals surface area (Å²) in [6.07, 6.45) is -0.0699. The molecule has 1 fully saturated rings. The first-order chi connectivity index (χ1) is 8.40. The first kappa shape index (κ1) is 12.5. The molecule has 0 saturated carbocycles. The molecule has 6 heteroatoms. The summed E-state index contributed by atoms with van der Waals surface area (Å²) < 4.78 is 10.3. The third-order valence-electron chi connectivity index (χ3n) is 2.84. The molecule has 18 heavy (non-hydrogen) atoms. The second-order valence-corrected chi connectivity index (χ2v) is 4.61. The molecule has 2 rings (SSSR count). The number of hydrogen-bond acceptors (Lipinski definition) is 5. The minimum atomic E-state index is -0.518. The lowest BCUT2D eigenvalue weighted by molar-refractivity contribution is -0.384. The fourth-order valence-electron chi connectivity index (χ4n) is 1.52. The Morgan fingerprint density at radius 1 is 1.44 bits per heavy atom. The zero-order valence-electron chi connectivity index (χ0n) is 10.1. The number of nitro groups is 1. The van der Waals surface area contributed by atoms with Crippen LogP contribution in [0.2, 0.25) is 0 Å². The fraction of sp³-hybridized carbons (Fsp3) is 0.417. The normalized spacial score (nSPS) is 20.2. The van der Waals surface area contributed by atoms with Crippen molar-refractivity contribution in [3.63, 3.8) is 0 Å². The number of non-ortho nitro benzene ring substituents is 1. The van der Waals surface area contributed by atoms with Crippen LogP contribution in [0.4, 0.5) is 5.69 Å². The zero-order chi connectivity index (χ0) is 13.3. The molecule has 1 aliphatic heterocycles. The average molecular weight is 251 g/mol. The molecule has 1 aromatic carbocycles. The van der Waals surface area contributed by atoms with Gasteiger partial charge in [0, 0.05) is 12.1 Å². The summed E-state index contributed by atoms with van der Waals surface area (Å²) in [6, 6.07) is 5.29. The molecule has 1 aliphatic rings. The van der Waals surface area contributed by atoms with Crippen molar-refractivity contribution >= 4 is 11.7 Å². The van der Waals surface area contributed by atoms with Crippen LogP contribution in [0.1, 0.15) is 24.2 Å². The monoisotopic (exact) mass is 251 g/mol. The Morgan fingerprint density at radius 3 is 2.44 bits per heavy atom. The van der Waals surface area contributed by atoms with Crippen LogP contribution in [0.5, 0.6) is 0 Å². The molecule has 0 aromatic heterocycles. The van der Waals surface area contributed by atoms with Gasteiger partial charge in [-0.2, -0.15) is 0 Å². The molecule has 6 nitrogen and oxygen atoms in total. The molecule has 1 atom stereocenters. The van der Waals surface area contributed by atoms with E-state index in [2.05, 4.69) is 0 Å². The van der Waals surface area contributed by atoms with Gasteiger partial charge in [-0.25, -0.2) is 4.79 Å². The molecule has 1 saturated heterocycles. The van der Waals surface area contributed by atoms with Crippen LogP contribution >= 0.6 is 0 Å². The molecule has 96 valence electrons. The molecular weight excluding hydrogens is 238 g/mol. The quantitative estimate of drug-likeness (QED) is 0.353. The van der Waals surface area contributed by atoms with Crippen molar-refractivity contribution in [2.45, 2.75) is 25.6 Å². The van der Waals surface area contributed by atoms with Crippen LogP contribution in [0.25, 0.3) is 0 Å². The number of rotatable bonds is 4. The summed E-state index contributed by atoms with van der Waals surface area (Å²) >= 11 is 0. The maximum Gasteiger partial charge on any atom is 0.338 e. The number of epoxide rings is 1. The molecule has 1 heterocycles. The van der Waals surface area contributed by atoms with E-state index in [0.717, 1.165) is 0 Å². The Hall–Kier alpha value is -1.95. The van der Waals surface area contributed by atoms with E-state index in [1.54, 1.807) is 0 Å². The van der Waals surface area contributed by atoms with E-state index >= 15 is 0 Å². The van der Waals surface area contributed by atoms with Crippen LogP contribution in [0.15, 0.2) is 24.3 Å². The summed E-state index contributed by atoms with van der Waals surface area (Å²) in [5, 5.41) is 10.4. The van der Waals surface area contributed by atoms with Crippen molar-refractivity contribution in [3.05, 3.63) is 39.9 Å². The smallest absolute Gasteiger partial charge is 0.338 e. The minimum Gasteiger partial charge on any atom is -0.459 e. The van der Waals surface area contributed by atoms with E-state index in [4.69, 9.17) is 9.47 Å². The van der Waals surface area contributed by atoms with Crippen molar-refractivity contribution in [2.75, 3.05) is 6.61 Å². The first-order valence-electron chi connectivity index (χ1n) is 5.49. The number of nitro benzene ring substituents is 1. The Balaban J connectivity index is 1.91. The SMILES string of the molecule is CC1(C)O[C@@H]1COC(=O)c1ccc([N+](=O)[O-])cc1. The highest BCUT2D eigenvalue weighted by atomic mass is 16.6. The molecular formula is C12H13NO5. The summed E-state index contributed by atoms with van der Waals surface area (Å²) in [5.74, 6) is -0.504. The van der Waals surface area contributed by atoms with Crippen LogP contribution < -0.4 is 0 Å². The third kappa shape index (κ3) is 2.65. The molecule has 0 unspecified atom stereocenters. The van der Waals surface area contributed by atoms with E-state index in [0.29, 0.717) is 5.56 Å². The fourth-order valence-corrected chi connectivity index (χ4v) is 1.52. The van der Waals surface area contributed by atoms with Gasteiger partial charge >= 0.3 is 5.97 Å². The summed E-state index contributed by atoms with van der Waals surface area (Å²) in [6.45, 7) is 4.03. The van der Waals surface area contributed by atoms with E-state index in [1.165, 1.54) is 24.3 Å². The summed E-state index contributed by atoms with van der Waals surface area (Å²) in [4.78, 5) is 21.6. The van der Waals surface area contributed by atoms with Crippen molar-refractivity contribution in [3.8, 4) is 0 Å².